The van der Waals surface area contributed by atoms with E-state index in [1.165, 1.54) is 0 Å². The van der Waals surface area contributed by atoms with Crippen LogP contribution in [0, 0.1) is 5.92 Å². The van der Waals surface area contributed by atoms with Gasteiger partial charge in [-0.2, -0.15) is 0 Å². The van der Waals surface area contributed by atoms with Gasteiger partial charge in [0.05, 0.1) is 13.0 Å². The van der Waals surface area contributed by atoms with Crippen LogP contribution in [0.25, 0.3) is 11.1 Å². The number of rotatable bonds is 2. The SMILES string of the molecule is COC(=O)ON1C(=O)CC(C2c3ccccc3-c3ccccc32)C1=O. The molecule has 1 unspecified atom stereocenters. The third-order valence-electron chi connectivity index (χ3n) is 4.76. The van der Waals surface area contributed by atoms with Gasteiger partial charge >= 0.3 is 6.16 Å². The van der Waals surface area contributed by atoms with Crippen molar-refractivity contribution in [2.45, 2.75) is 12.3 Å². The molecule has 0 bridgehead atoms. The first kappa shape index (κ1) is 15.4. The fourth-order valence-corrected chi connectivity index (χ4v) is 3.73. The highest BCUT2D eigenvalue weighted by Gasteiger charge is 2.48. The van der Waals surface area contributed by atoms with E-state index in [9.17, 15) is 14.4 Å². The number of carbonyl (C=O) groups is 3. The van der Waals surface area contributed by atoms with Crippen molar-refractivity contribution < 1.29 is 24.0 Å². The molecule has 0 N–H and O–H groups in total. The number of benzene rings is 2. The van der Waals surface area contributed by atoms with Crippen molar-refractivity contribution in [1.29, 1.82) is 0 Å². The average Bonchev–Trinajstić information content (AvgIpc) is 3.10. The number of hydrogen-bond acceptors (Lipinski definition) is 5. The number of nitrogens with zero attached hydrogens (tertiary/aromatic N) is 1. The fraction of sp³-hybridized carbons (Fsp3) is 0.211. The Labute approximate surface area is 143 Å². The van der Waals surface area contributed by atoms with Crippen LogP contribution in [-0.2, 0) is 19.2 Å². The Balaban J connectivity index is 1.74. The van der Waals surface area contributed by atoms with Crippen LogP contribution in [0.4, 0.5) is 4.79 Å². The van der Waals surface area contributed by atoms with Gasteiger partial charge in [-0.15, -0.1) is 0 Å². The van der Waals surface area contributed by atoms with E-state index in [2.05, 4.69) is 4.74 Å². The molecule has 1 aliphatic carbocycles. The van der Waals surface area contributed by atoms with Crippen molar-refractivity contribution >= 4 is 18.0 Å². The summed E-state index contributed by atoms with van der Waals surface area (Å²) in [7, 11) is 1.12. The third-order valence-corrected chi connectivity index (χ3v) is 4.76. The number of carbonyl (C=O) groups excluding carboxylic acids is 3. The van der Waals surface area contributed by atoms with Crippen molar-refractivity contribution in [3.05, 3.63) is 59.7 Å². The molecule has 25 heavy (non-hydrogen) atoms. The second kappa shape index (κ2) is 5.73. The lowest BCUT2D eigenvalue weighted by molar-refractivity contribution is -0.177. The average molecular weight is 337 g/mol. The summed E-state index contributed by atoms with van der Waals surface area (Å²) in [6.07, 6.45) is -1.10. The van der Waals surface area contributed by atoms with Crippen molar-refractivity contribution in [3.8, 4) is 11.1 Å². The minimum Gasteiger partial charge on any atom is -0.436 e. The summed E-state index contributed by atoms with van der Waals surface area (Å²) >= 11 is 0. The first-order valence-corrected chi connectivity index (χ1v) is 7.92. The number of fused-ring (bicyclic) bond motifs is 3. The Hall–Kier alpha value is -3.15. The second-order valence-electron chi connectivity index (χ2n) is 6.03. The molecule has 0 spiro atoms. The summed E-state index contributed by atoms with van der Waals surface area (Å²) < 4.78 is 4.37. The van der Waals surface area contributed by atoms with Gasteiger partial charge in [0.25, 0.3) is 11.8 Å². The minimum absolute atomic E-state index is 0.0108. The predicted molar refractivity (Wildman–Crippen MR) is 87.2 cm³/mol. The van der Waals surface area contributed by atoms with E-state index < -0.39 is 23.9 Å². The summed E-state index contributed by atoms with van der Waals surface area (Å²) in [6, 6.07) is 15.7. The summed E-state index contributed by atoms with van der Waals surface area (Å²) in [5.41, 5.74) is 4.15. The lowest BCUT2D eigenvalue weighted by Gasteiger charge is -2.19. The van der Waals surface area contributed by atoms with E-state index in [4.69, 9.17) is 4.84 Å². The summed E-state index contributed by atoms with van der Waals surface area (Å²) in [5, 5.41) is 0.528. The number of ether oxygens (including phenoxy) is 1. The molecule has 2 aromatic carbocycles. The van der Waals surface area contributed by atoms with Gasteiger partial charge in [-0.1, -0.05) is 53.6 Å². The van der Waals surface area contributed by atoms with E-state index in [0.717, 1.165) is 29.4 Å². The van der Waals surface area contributed by atoms with Crippen LogP contribution in [0.3, 0.4) is 0 Å². The van der Waals surface area contributed by atoms with Crippen LogP contribution >= 0.6 is 0 Å². The normalized spacial score (nSPS) is 18.9. The molecule has 1 heterocycles. The molecule has 0 saturated carbocycles. The molecule has 2 aliphatic rings. The van der Waals surface area contributed by atoms with Crippen LogP contribution in [0.15, 0.2) is 48.5 Å². The Bertz CT molecular complexity index is 845. The highest BCUT2D eigenvalue weighted by molar-refractivity contribution is 6.04. The van der Waals surface area contributed by atoms with Crippen LogP contribution in [0.5, 0.6) is 0 Å². The molecule has 0 radical (unpaired) electrons. The third kappa shape index (κ3) is 2.29. The molecule has 4 rings (SSSR count). The van der Waals surface area contributed by atoms with Gasteiger partial charge < -0.3 is 4.74 Å². The maximum Gasteiger partial charge on any atom is 0.533 e. The number of methoxy groups -OCH3 is 1. The van der Waals surface area contributed by atoms with Gasteiger partial charge in [-0.3, -0.25) is 14.4 Å². The largest absolute Gasteiger partial charge is 0.533 e. The first-order chi connectivity index (χ1) is 12.1. The zero-order chi connectivity index (χ0) is 17.6. The Kier molecular flexibility index (Phi) is 3.53. The zero-order valence-corrected chi connectivity index (χ0v) is 13.5. The highest BCUT2D eigenvalue weighted by Crippen LogP contribution is 2.50. The van der Waals surface area contributed by atoms with Gasteiger partial charge in [-0.05, 0) is 22.3 Å². The van der Waals surface area contributed by atoms with Gasteiger partial charge in [0.2, 0.25) is 0 Å². The first-order valence-electron chi connectivity index (χ1n) is 7.92. The molecule has 0 aromatic heterocycles. The van der Waals surface area contributed by atoms with Crippen LogP contribution in [-0.4, -0.2) is 30.1 Å². The van der Waals surface area contributed by atoms with Crippen molar-refractivity contribution in [2.24, 2.45) is 5.92 Å². The van der Waals surface area contributed by atoms with Crippen LogP contribution in [0.2, 0.25) is 0 Å². The Morgan fingerprint density at radius 1 is 1.00 bits per heavy atom. The zero-order valence-electron chi connectivity index (χ0n) is 13.5. The monoisotopic (exact) mass is 337 g/mol. The fourth-order valence-electron chi connectivity index (χ4n) is 3.73. The molecular weight excluding hydrogens is 322 g/mol. The predicted octanol–water partition coefficient (Wildman–Crippen LogP) is 2.87. The lowest BCUT2D eigenvalue weighted by atomic mass is 9.83. The van der Waals surface area contributed by atoms with Crippen molar-refractivity contribution in [2.75, 3.05) is 7.11 Å². The maximum atomic E-state index is 12.7. The molecule has 1 fully saturated rings. The second-order valence-corrected chi connectivity index (χ2v) is 6.03. The van der Waals surface area contributed by atoms with Crippen LogP contribution in [0.1, 0.15) is 23.5 Å². The summed E-state index contributed by atoms with van der Waals surface area (Å²) in [5.74, 6) is -1.91. The number of amides is 2. The van der Waals surface area contributed by atoms with E-state index in [1.54, 1.807) is 0 Å². The van der Waals surface area contributed by atoms with Gasteiger partial charge in [0.15, 0.2) is 0 Å². The molecule has 1 saturated heterocycles. The van der Waals surface area contributed by atoms with Gasteiger partial charge in [-0.25, -0.2) is 4.79 Å². The van der Waals surface area contributed by atoms with Gasteiger partial charge in [0.1, 0.15) is 0 Å². The lowest BCUT2D eigenvalue weighted by Crippen LogP contribution is -2.34. The van der Waals surface area contributed by atoms with Crippen LogP contribution < -0.4 is 0 Å². The topological polar surface area (TPSA) is 72.9 Å². The smallest absolute Gasteiger partial charge is 0.436 e. The summed E-state index contributed by atoms with van der Waals surface area (Å²) in [6.45, 7) is 0. The molecule has 1 atom stereocenters. The van der Waals surface area contributed by atoms with Crippen molar-refractivity contribution in [1.82, 2.24) is 5.06 Å². The van der Waals surface area contributed by atoms with E-state index in [0.29, 0.717) is 5.06 Å². The maximum absolute atomic E-state index is 12.7. The molecule has 126 valence electrons. The minimum atomic E-state index is -1.09. The number of hydrogen-bond donors (Lipinski definition) is 0. The number of imide groups is 1. The number of hydroxylamine groups is 2. The van der Waals surface area contributed by atoms with E-state index in [-0.39, 0.29) is 12.3 Å². The highest BCUT2D eigenvalue weighted by atomic mass is 16.8. The molecular formula is C19H15NO5. The van der Waals surface area contributed by atoms with E-state index >= 15 is 0 Å². The van der Waals surface area contributed by atoms with Crippen molar-refractivity contribution in [3.63, 3.8) is 0 Å². The summed E-state index contributed by atoms with van der Waals surface area (Å²) in [4.78, 5) is 41.0. The Morgan fingerprint density at radius 2 is 1.56 bits per heavy atom. The molecule has 6 heteroatoms. The standard InChI is InChI=1S/C19H15NO5/c1-24-19(23)25-20-16(21)10-15(18(20)22)17-13-8-4-2-6-11(13)12-7-3-5-9-14(12)17/h2-9,15,17H,10H2,1H3. The quantitative estimate of drug-likeness (QED) is 0.622. The molecule has 1 aliphatic heterocycles. The van der Waals surface area contributed by atoms with E-state index in [1.807, 2.05) is 48.5 Å². The molecule has 6 nitrogen and oxygen atoms in total. The molecule has 2 aromatic rings. The van der Waals surface area contributed by atoms with Gasteiger partial charge in [0, 0.05) is 12.3 Å². The Morgan fingerprint density at radius 3 is 2.12 bits per heavy atom. The molecule has 2 amide bonds.